The van der Waals surface area contributed by atoms with Crippen LogP contribution in [0, 0.1) is 0 Å². The number of hydrogen-bond donors (Lipinski definition) is 2. The molecule has 2 aromatic rings. The Balaban J connectivity index is 2.51. The van der Waals surface area contributed by atoms with Gasteiger partial charge in [0.15, 0.2) is 0 Å². The number of imidazole rings is 1. The van der Waals surface area contributed by atoms with Gasteiger partial charge in [-0.05, 0) is 15.9 Å². The predicted octanol–water partition coefficient (Wildman–Crippen LogP) is 0.484. The number of nitrogens with zero attached hydrogens (tertiary/aromatic N) is 3. The van der Waals surface area contributed by atoms with Crippen LogP contribution in [0.1, 0.15) is 11.8 Å². The second-order valence-electron chi connectivity index (χ2n) is 2.90. The minimum atomic E-state index is -0.726. The SMILES string of the molecule is NCC(O)c1cn2cc(Br)cnc2n1. The van der Waals surface area contributed by atoms with E-state index in [0.717, 1.165) is 4.47 Å². The van der Waals surface area contributed by atoms with Gasteiger partial charge in [0.25, 0.3) is 0 Å². The van der Waals surface area contributed by atoms with Crippen molar-refractivity contribution in [1.82, 2.24) is 14.4 Å². The molecule has 1 atom stereocenters. The topological polar surface area (TPSA) is 76.4 Å². The molecule has 0 radical (unpaired) electrons. The van der Waals surface area contributed by atoms with Crippen molar-refractivity contribution < 1.29 is 5.11 Å². The van der Waals surface area contributed by atoms with Gasteiger partial charge in [0, 0.05) is 25.1 Å². The maximum absolute atomic E-state index is 9.46. The van der Waals surface area contributed by atoms with E-state index in [9.17, 15) is 5.11 Å². The molecule has 74 valence electrons. The summed E-state index contributed by atoms with van der Waals surface area (Å²) in [5, 5.41) is 9.46. The largest absolute Gasteiger partial charge is 0.385 e. The fourth-order valence-corrected chi connectivity index (χ4v) is 1.48. The van der Waals surface area contributed by atoms with Crippen molar-refractivity contribution in [3.8, 4) is 0 Å². The quantitative estimate of drug-likeness (QED) is 0.820. The monoisotopic (exact) mass is 256 g/mol. The molecule has 0 amide bonds. The molecule has 0 saturated carbocycles. The van der Waals surface area contributed by atoms with E-state index in [2.05, 4.69) is 25.9 Å². The molecule has 2 rings (SSSR count). The summed E-state index contributed by atoms with van der Waals surface area (Å²) in [6.07, 6.45) is 4.46. The fourth-order valence-electron chi connectivity index (χ4n) is 1.16. The molecule has 14 heavy (non-hydrogen) atoms. The van der Waals surface area contributed by atoms with E-state index in [1.54, 1.807) is 16.8 Å². The van der Waals surface area contributed by atoms with E-state index < -0.39 is 6.10 Å². The van der Waals surface area contributed by atoms with Crippen LogP contribution in [0.15, 0.2) is 23.1 Å². The Labute approximate surface area is 88.7 Å². The summed E-state index contributed by atoms with van der Waals surface area (Å²) in [7, 11) is 0. The molecule has 0 aliphatic rings. The first kappa shape index (κ1) is 9.57. The highest BCUT2D eigenvalue weighted by Gasteiger charge is 2.10. The number of hydrogen-bond acceptors (Lipinski definition) is 4. The van der Waals surface area contributed by atoms with E-state index in [4.69, 9.17) is 5.73 Å². The Morgan fingerprint density at radius 2 is 2.36 bits per heavy atom. The van der Waals surface area contributed by atoms with Crippen LogP contribution in [0.25, 0.3) is 5.78 Å². The number of halogens is 1. The first-order valence-electron chi connectivity index (χ1n) is 4.09. The molecule has 0 saturated heterocycles. The lowest BCUT2D eigenvalue weighted by molar-refractivity contribution is 0.182. The summed E-state index contributed by atoms with van der Waals surface area (Å²) in [5.74, 6) is 0.552. The molecule has 0 aliphatic heterocycles. The van der Waals surface area contributed by atoms with Crippen LogP contribution in [-0.4, -0.2) is 26.0 Å². The predicted molar refractivity (Wildman–Crippen MR) is 54.7 cm³/mol. The lowest BCUT2D eigenvalue weighted by atomic mass is 10.3. The second kappa shape index (κ2) is 3.64. The number of fused-ring (bicyclic) bond motifs is 1. The van der Waals surface area contributed by atoms with Crippen LogP contribution >= 0.6 is 15.9 Å². The van der Waals surface area contributed by atoms with Crippen LogP contribution in [-0.2, 0) is 0 Å². The average molecular weight is 257 g/mol. The molecule has 0 aromatic carbocycles. The van der Waals surface area contributed by atoms with Crippen LogP contribution in [0.4, 0.5) is 0 Å². The highest BCUT2D eigenvalue weighted by Crippen LogP contribution is 2.13. The molecular weight excluding hydrogens is 248 g/mol. The fraction of sp³-hybridized carbons (Fsp3) is 0.250. The summed E-state index contributed by atoms with van der Waals surface area (Å²) >= 11 is 3.30. The molecule has 0 aliphatic carbocycles. The lowest BCUT2D eigenvalue weighted by Crippen LogP contribution is -2.11. The van der Waals surface area contributed by atoms with Crippen LogP contribution in [0.3, 0.4) is 0 Å². The first-order chi connectivity index (χ1) is 6.70. The molecule has 2 heterocycles. The van der Waals surface area contributed by atoms with Crippen molar-refractivity contribution in [2.45, 2.75) is 6.10 Å². The normalized spacial score (nSPS) is 13.4. The highest BCUT2D eigenvalue weighted by atomic mass is 79.9. The molecule has 0 bridgehead atoms. The van der Waals surface area contributed by atoms with Crippen molar-refractivity contribution in [1.29, 1.82) is 0 Å². The smallest absolute Gasteiger partial charge is 0.234 e. The van der Waals surface area contributed by atoms with E-state index in [1.807, 2.05) is 6.20 Å². The van der Waals surface area contributed by atoms with Crippen molar-refractivity contribution in [3.63, 3.8) is 0 Å². The van der Waals surface area contributed by atoms with Gasteiger partial charge in [0.05, 0.1) is 10.2 Å². The van der Waals surface area contributed by atoms with Crippen molar-refractivity contribution in [2.75, 3.05) is 6.54 Å². The molecular formula is C8H9BrN4O. The Morgan fingerprint density at radius 3 is 3.07 bits per heavy atom. The standard InChI is InChI=1S/C8H9BrN4O/c9-5-2-11-8-12-6(7(14)1-10)4-13(8)3-5/h2-4,7,14H,1,10H2. The van der Waals surface area contributed by atoms with Crippen molar-refractivity contribution in [2.24, 2.45) is 5.73 Å². The van der Waals surface area contributed by atoms with Crippen molar-refractivity contribution >= 4 is 21.7 Å². The summed E-state index contributed by atoms with van der Waals surface area (Å²) in [6.45, 7) is 0.158. The third-order valence-electron chi connectivity index (χ3n) is 1.86. The number of nitrogens with two attached hydrogens (primary N) is 1. The maximum atomic E-state index is 9.46. The Bertz CT molecular complexity index is 456. The molecule has 3 N–H and O–H groups in total. The molecule has 1 unspecified atom stereocenters. The summed E-state index contributed by atoms with van der Waals surface area (Å²) in [6, 6.07) is 0. The van der Waals surface area contributed by atoms with Crippen LogP contribution < -0.4 is 5.73 Å². The third kappa shape index (κ3) is 1.63. The molecule has 2 aromatic heterocycles. The first-order valence-corrected chi connectivity index (χ1v) is 4.88. The van der Waals surface area contributed by atoms with Crippen LogP contribution in [0.5, 0.6) is 0 Å². The van der Waals surface area contributed by atoms with Gasteiger partial charge < -0.3 is 10.8 Å². The lowest BCUT2D eigenvalue weighted by Gasteiger charge is -2.00. The molecule has 5 nitrogen and oxygen atoms in total. The number of aromatic nitrogens is 3. The van der Waals surface area contributed by atoms with Gasteiger partial charge in [-0.15, -0.1) is 0 Å². The zero-order valence-electron chi connectivity index (χ0n) is 7.26. The number of rotatable bonds is 2. The minimum Gasteiger partial charge on any atom is -0.385 e. The summed E-state index contributed by atoms with van der Waals surface area (Å²) in [5.41, 5.74) is 5.87. The van der Waals surface area contributed by atoms with Gasteiger partial charge in [-0.25, -0.2) is 9.97 Å². The van der Waals surface area contributed by atoms with Crippen molar-refractivity contribution in [3.05, 3.63) is 28.8 Å². The van der Waals surface area contributed by atoms with E-state index in [1.165, 1.54) is 0 Å². The Hall–Kier alpha value is -0.980. The molecule has 0 spiro atoms. The molecule has 0 fully saturated rings. The maximum Gasteiger partial charge on any atom is 0.234 e. The summed E-state index contributed by atoms with van der Waals surface area (Å²) in [4.78, 5) is 8.20. The zero-order chi connectivity index (χ0) is 10.1. The molecule has 6 heteroatoms. The Morgan fingerprint density at radius 1 is 1.57 bits per heavy atom. The highest BCUT2D eigenvalue weighted by molar-refractivity contribution is 9.10. The number of aliphatic hydroxyl groups is 1. The van der Waals surface area contributed by atoms with E-state index >= 15 is 0 Å². The van der Waals surface area contributed by atoms with E-state index in [-0.39, 0.29) is 6.54 Å². The minimum absolute atomic E-state index is 0.158. The number of aliphatic hydroxyl groups excluding tert-OH is 1. The zero-order valence-corrected chi connectivity index (χ0v) is 8.85. The summed E-state index contributed by atoms with van der Waals surface area (Å²) < 4.78 is 2.59. The Kier molecular flexibility index (Phi) is 2.49. The second-order valence-corrected chi connectivity index (χ2v) is 3.81. The van der Waals surface area contributed by atoms with Gasteiger partial charge >= 0.3 is 0 Å². The van der Waals surface area contributed by atoms with Gasteiger partial charge in [-0.3, -0.25) is 4.40 Å². The van der Waals surface area contributed by atoms with Gasteiger partial charge in [0.2, 0.25) is 5.78 Å². The third-order valence-corrected chi connectivity index (χ3v) is 2.27. The van der Waals surface area contributed by atoms with Gasteiger partial charge in [-0.1, -0.05) is 0 Å². The van der Waals surface area contributed by atoms with E-state index in [0.29, 0.717) is 11.5 Å². The average Bonchev–Trinajstić information content (AvgIpc) is 2.59. The van der Waals surface area contributed by atoms with Gasteiger partial charge in [-0.2, -0.15) is 0 Å². The van der Waals surface area contributed by atoms with Gasteiger partial charge in [0.1, 0.15) is 6.10 Å². The van der Waals surface area contributed by atoms with Crippen LogP contribution in [0.2, 0.25) is 0 Å².